The number of benzene rings is 2. The molecule has 0 bridgehead atoms. The van der Waals surface area contributed by atoms with Crippen LogP contribution in [0.25, 0.3) is 11.2 Å². The van der Waals surface area contributed by atoms with Crippen LogP contribution >= 0.6 is 11.6 Å². The molecule has 0 aliphatic carbocycles. The highest BCUT2D eigenvalue weighted by molar-refractivity contribution is 6.31. The number of aromatic carboxylic acids is 1. The van der Waals surface area contributed by atoms with E-state index in [0.29, 0.717) is 17.3 Å². The van der Waals surface area contributed by atoms with Crippen molar-refractivity contribution < 1.29 is 14.6 Å². The number of carbonyl (C=O) groups is 1. The van der Waals surface area contributed by atoms with Crippen LogP contribution in [0.2, 0.25) is 5.02 Å². The molecule has 0 saturated carbocycles. The van der Waals surface area contributed by atoms with Gasteiger partial charge < -0.3 is 14.4 Å². The number of hydrogen-bond donors (Lipinski definition) is 1. The van der Waals surface area contributed by atoms with Crippen molar-refractivity contribution in [1.29, 1.82) is 0 Å². The fourth-order valence-corrected chi connectivity index (χ4v) is 3.74. The van der Waals surface area contributed by atoms with E-state index in [2.05, 4.69) is 21.5 Å². The van der Waals surface area contributed by atoms with Gasteiger partial charge in [-0.1, -0.05) is 36.7 Å². The molecule has 0 radical (unpaired) electrons. The van der Waals surface area contributed by atoms with Crippen molar-refractivity contribution in [2.45, 2.75) is 39.8 Å². The molecule has 0 aliphatic rings. The molecule has 4 rings (SSSR count). The number of aryl methyl sites for hydroxylation is 2. The van der Waals surface area contributed by atoms with Crippen LogP contribution in [0.1, 0.15) is 46.3 Å². The van der Waals surface area contributed by atoms with E-state index in [0.717, 1.165) is 46.7 Å². The summed E-state index contributed by atoms with van der Waals surface area (Å²) in [4.78, 5) is 24.5. The molecular weight excluding hydrogens is 428 g/mol. The van der Waals surface area contributed by atoms with Gasteiger partial charge in [0.15, 0.2) is 5.65 Å². The highest BCUT2D eigenvalue weighted by Gasteiger charge is 2.14. The molecule has 0 amide bonds. The molecule has 2 heterocycles. The molecule has 2 aromatic heterocycles. The van der Waals surface area contributed by atoms with E-state index in [1.165, 1.54) is 12.1 Å². The van der Waals surface area contributed by atoms with Crippen molar-refractivity contribution in [3.05, 3.63) is 82.0 Å². The van der Waals surface area contributed by atoms with E-state index in [-0.39, 0.29) is 12.2 Å². The van der Waals surface area contributed by atoms with E-state index in [4.69, 9.17) is 26.4 Å². The third kappa shape index (κ3) is 4.57. The first-order valence-electron chi connectivity index (χ1n) is 10.4. The molecule has 1 N–H and O–H groups in total. The number of carboxylic acids is 1. The summed E-state index contributed by atoms with van der Waals surface area (Å²) >= 11 is 6.18. The van der Waals surface area contributed by atoms with Crippen LogP contribution in [0, 0.1) is 6.92 Å². The lowest BCUT2D eigenvalue weighted by Crippen LogP contribution is -2.06. The Labute approximate surface area is 190 Å². The molecule has 0 unspecified atom stereocenters. The molecule has 0 spiro atoms. The summed E-state index contributed by atoms with van der Waals surface area (Å²) in [5.41, 5.74) is 4.56. The predicted octanol–water partition coefficient (Wildman–Crippen LogP) is 5.07. The van der Waals surface area contributed by atoms with Crippen molar-refractivity contribution in [2.24, 2.45) is 0 Å². The third-order valence-corrected chi connectivity index (χ3v) is 5.58. The van der Waals surface area contributed by atoms with Crippen LogP contribution in [0.3, 0.4) is 0 Å². The molecule has 7 nitrogen and oxygen atoms in total. The van der Waals surface area contributed by atoms with E-state index in [1.54, 1.807) is 12.4 Å². The van der Waals surface area contributed by atoms with E-state index >= 15 is 0 Å². The number of imidazole rings is 1. The third-order valence-electron chi connectivity index (χ3n) is 5.23. The van der Waals surface area contributed by atoms with E-state index < -0.39 is 5.97 Å². The molecular formula is C24H23ClN4O3. The lowest BCUT2D eigenvalue weighted by atomic mass is 10.1. The fourth-order valence-electron chi connectivity index (χ4n) is 3.51. The summed E-state index contributed by atoms with van der Waals surface area (Å²) in [5, 5.41) is 9.41. The molecule has 0 fully saturated rings. The molecule has 0 saturated heterocycles. The number of nitrogens with zero attached hydrogens (tertiary/aromatic N) is 4. The van der Waals surface area contributed by atoms with Crippen LogP contribution in [0.5, 0.6) is 5.75 Å². The Morgan fingerprint density at radius 3 is 2.62 bits per heavy atom. The molecule has 8 heteroatoms. The zero-order valence-corrected chi connectivity index (χ0v) is 18.6. The molecule has 164 valence electrons. The number of carboxylic acid groups (broad SMARTS) is 1. The largest absolute Gasteiger partial charge is 0.489 e. The normalized spacial score (nSPS) is 11.1. The molecule has 2 aromatic carbocycles. The van der Waals surface area contributed by atoms with Crippen LogP contribution in [0.4, 0.5) is 0 Å². The summed E-state index contributed by atoms with van der Waals surface area (Å²) < 4.78 is 7.99. The maximum Gasteiger partial charge on any atom is 0.335 e. The van der Waals surface area contributed by atoms with Gasteiger partial charge in [-0.15, -0.1) is 0 Å². The number of aromatic nitrogens is 4. The number of hydrogen-bond acceptors (Lipinski definition) is 5. The number of fused-ring (bicyclic) bond motifs is 1. The second-order valence-electron chi connectivity index (χ2n) is 7.54. The summed E-state index contributed by atoms with van der Waals surface area (Å²) in [6.07, 6.45) is 3.45. The summed E-state index contributed by atoms with van der Waals surface area (Å²) in [7, 11) is 0. The maximum atomic E-state index is 11.0. The molecule has 4 aromatic rings. The van der Waals surface area contributed by atoms with Gasteiger partial charge in [-0.3, -0.25) is 0 Å². The lowest BCUT2D eigenvalue weighted by Gasteiger charge is -2.11. The van der Waals surface area contributed by atoms with Gasteiger partial charge >= 0.3 is 5.97 Å². The zero-order valence-electron chi connectivity index (χ0n) is 17.9. The van der Waals surface area contributed by atoms with E-state index in [1.807, 2.05) is 31.2 Å². The van der Waals surface area contributed by atoms with Crippen molar-refractivity contribution >= 4 is 28.7 Å². The first kappa shape index (κ1) is 21.8. The second-order valence-corrected chi connectivity index (χ2v) is 7.95. The molecule has 32 heavy (non-hydrogen) atoms. The van der Waals surface area contributed by atoms with Gasteiger partial charge in [0.1, 0.15) is 30.0 Å². The Morgan fingerprint density at radius 2 is 1.94 bits per heavy atom. The second kappa shape index (κ2) is 9.36. The van der Waals surface area contributed by atoms with Crippen LogP contribution in [0.15, 0.2) is 48.8 Å². The maximum absolute atomic E-state index is 11.0. The SMILES string of the molecule is CCCc1nc2c(C)ncnc2n1Cc1ccc(OCc2ccc(C(=O)O)cc2Cl)cc1. The number of rotatable bonds is 8. The summed E-state index contributed by atoms with van der Waals surface area (Å²) in [6.45, 7) is 4.99. The quantitative estimate of drug-likeness (QED) is 0.403. The smallest absolute Gasteiger partial charge is 0.335 e. The first-order valence-corrected chi connectivity index (χ1v) is 10.7. The average Bonchev–Trinajstić information content (AvgIpc) is 3.12. The minimum absolute atomic E-state index is 0.151. The standard InChI is InChI=1S/C24H23ClN4O3/c1-3-4-21-28-22-15(2)26-14-27-23(22)29(21)12-16-5-9-19(10-6-16)32-13-18-8-7-17(24(30)31)11-20(18)25/h5-11,14H,3-4,12-13H2,1-2H3,(H,30,31). The van der Waals surface area contributed by atoms with Crippen molar-refractivity contribution in [1.82, 2.24) is 19.5 Å². The van der Waals surface area contributed by atoms with Gasteiger partial charge in [-0.05, 0) is 43.2 Å². The highest BCUT2D eigenvalue weighted by atomic mass is 35.5. The first-order chi connectivity index (χ1) is 15.5. The predicted molar refractivity (Wildman–Crippen MR) is 122 cm³/mol. The van der Waals surface area contributed by atoms with E-state index in [9.17, 15) is 4.79 Å². The van der Waals surface area contributed by atoms with Crippen molar-refractivity contribution in [3.8, 4) is 5.75 Å². The Morgan fingerprint density at radius 1 is 1.16 bits per heavy atom. The minimum Gasteiger partial charge on any atom is -0.489 e. The van der Waals surface area contributed by atoms with Gasteiger partial charge in [0, 0.05) is 17.0 Å². The Kier molecular flexibility index (Phi) is 6.37. The monoisotopic (exact) mass is 450 g/mol. The number of halogens is 1. The van der Waals surface area contributed by atoms with Crippen LogP contribution in [-0.2, 0) is 19.6 Å². The summed E-state index contributed by atoms with van der Waals surface area (Å²) in [6, 6.07) is 12.5. The van der Waals surface area contributed by atoms with Crippen LogP contribution in [-0.4, -0.2) is 30.6 Å². The summed E-state index contributed by atoms with van der Waals surface area (Å²) in [5.74, 6) is 0.699. The zero-order chi connectivity index (χ0) is 22.7. The van der Waals surface area contributed by atoms with Gasteiger partial charge in [0.2, 0.25) is 0 Å². The molecule has 0 atom stereocenters. The van der Waals surface area contributed by atoms with Gasteiger partial charge in [0.05, 0.1) is 17.8 Å². The molecule has 0 aliphatic heterocycles. The Hall–Kier alpha value is -3.45. The topological polar surface area (TPSA) is 90.1 Å². The highest BCUT2D eigenvalue weighted by Crippen LogP contribution is 2.23. The van der Waals surface area contributed by atoms with Gasteiger partial charge in [0.25, 0.3) is 0 Å². The van der Waals surface area contributed by atoms with Crippen molar-refractivity contribution in [2.75, 3.05) is 0 Å². The van der Waals surface area contributed by atoms with Gasteiger partial charge in [-0.2, -0.15) is 0 Å². The van der Waals surface area contributed by atoms with Crippen LogP contribution < -0.4 is 4.74 Å². The average molecular weight is 451 g/mol. The number of ether oxygens (including phenoxy) is 1. The Balaban J connectivity index is 1.48. The van der Waals surface area contributed by atoms with Crippen molar-refractivity contribution in [3.63, 3.8) is 0 Å². The minimum atomic E-state index is -1.01. The Bertz CT molecular complexity index is 1270. The van der Waals surface area contributed by atoms with Gasteiger partial charge in [-0.25, -0.2) is 19.7 Å². The lowest BCUT2D eigenvalue weighted by molar-refractivity contribution is 0.0697. The fraction of sp³-hybridized carbons (Fsp3) is 0.250.